The van der Waals surface area contributed by atoms with Crippen molar-refractivity contribution in [1.82, 2.24) is 15.5 Å². The number of benzene rings is 2. The van der Waals surface area contributed by atoms with Crippen molar-refractivity contribution in [1.29, 1.82) is 0 Å². The van der Waals surface area contributed by atoms with Gasteiger partial charge in [0.15, 0.2) is 9.89 Å². The predicted molar refractivity (Wildman–Crippen MR) is 140 cm³/mol. The molecule has 2 amide bonds. The summed E-state index contributed by atoms with van der Waals surface area (Å²) in [7, 11) is 0. The van der Waals surface area contributed by atoms with Gasteiger partial charge in [-0.2, -0.15) is 5.10 Å². The molecule has 5 rings (SSSR count). The number of carbonyl (C=O) groups excluding carboxylic acids is 2. The fourth-order valence-electron chi connectivity index (χ4n) is 4.09. The molecule has 1 aliphatic heterocycles. The van der Waals surface area contributed by atoms with E-state index in [1.807, 2.05) is 12.1 Å². The van der Waals surface area contributed by atoms with Crippen molar-refractivity contribution < 1.29 is 23.5 Å². The zero-order valence-corrected chi connectivity index (χ0v) is 21.2. The summed E-state index contributed by atoms with van der Waals surface area (Å²) in [6, 6.07) is 15.1. The lowest BCUT2D eigenvalue weighted by molar-refractivity contribution is 0.102. The van der Waals surface area contributed by atoms with E-state index in [0.717, 1.165) is 30.1 Å². The molecule has 3 N–H and O–H groups in total. The Morgan fingerprint density at radius 2 is 1.89 bits per heavy atom. The number of nitrogens with zero attached hydrogens (tertiary/aromatic N) is 2. The molecule has 0 atom stereocenters. The normalized spacial score (nSPS) is 14.0. The van der Waals surface area contributed by atoms with Gasteiger partial charge in [-0.05, 0) is 55.8 Å². The quantitative estimate of drug-likeness (QED) is 0.333. The maximum atomic E-state index is 13.6. The number of halogens is 1. The van der Waals surface area contributed by atoms with Gasteiger partial charge in [-0.3, -0.25) is 9.89 Å². The fraction of sp³-hybridized carbons (Fsp3) is 0.269. The number of nitrogens with one attached hydrogen (secondary N) is 3. The molecule has 9 nitrogen and oxygen atoms in total. The summed E-state index contributed by atoms with van der Waals surface area (Å²) >= 11 is 1.16. The minimum atomic E-state index is -0.853. The lowest BCUT2D eigenvalue weighted by Gasteiger charge is -2.28. The molecular weight excluding hydrogens is 497 g/mol. The number of fused-ring (bicyclic) bond motifs is 1. The maximum absolute atomic E-state index is 13.6. The van der Waals surface area contributed by atoms with Gasteiger partial charge in [0.2, 0.25) is 0 Å². The van der Waals surface area contributed by atoms with E-state index < -0.39 is 11.6 Å². The van der Waals surface area contributed by atoms with Crippen LogP contribution in [0.2, 0.25) is 0 Å². The molecule has 2 aromatic heterocycles. The van der Waals surface area contributed by atoms with Crippen LogP contribution in [0.3, 0.4) is 0 Å². The summed E-state index contributed by atoms with van der Waals surface area (Å²) in [6.45, 7) is 6.53. The Bertz CT molecular complexity index is 1430. The number of amides is 2. The third kappa shape index (κ3) is 5.57. The average molecular weight is 524 g/mol. The predicted octanol–water partition coefficient (Wildman–Crippen LogP) is 4.88. The van der Waals surface area contributed by atoms with Gasteiger partial charge in [-0.25, -0.2) is 9.18 Å². The maximum Gasteiger partial charge on any atom is 0.414 e. The first-order valence-corrected chi connectivity index (χ1v) is 12.6. The third-order valence-corrected chi connectivity index (χ3v) is 7.03. The van der Waals surface area contributed by atoms with Gasteiger partial charge >= 0.3 is 6.09 Å². The van der Waals surface area contributed by atoms with Crippen molar-refractivity contribution >= 4 is 45.1 Å². The lowest BCUT2D eigenvalue weighted by atomic mass is 9.94. The Labute approximate surface area is 216 Å². The van der Waals surface area contributed by atoms with E-state index >= 15 is 0 Å². The second-order valence-corrected chi connectivity index (χ2v) is 10.1. The number of anilines is 2. The molecule has 192 valence electrons. The highest BCUT2D eigenvalue weighted by Gasteiger charge is 2.25. The van der Waals surface area contributed by atoms with Crippen LogP contribution in [0.25, 0.3) is 10.2 Å². The molecule has 1 saturated heterocycles. The van der Waals surface area contributed by atoms with Crippen molar-refractivity contribution in [2.45, 2.75) is 19.4 Å². The number of hydrogen-bond donors (Lipinski definition) is 3. The molecule has 1 aliphatic rings. The molecule has 0 unspecified atom stereocenters. The Hall–Kier alpha value is -3.96. The van der Waals surface area contributed by atoms with Crippen LogP contribution >= 0.6 is 11.3 Å². The SMILES string of the molecule is CC(C)(NC(=O)Oc1cc2c(NC(=O)c3ccc(N4CCOCC4)cc3)[nH]nc2s1)c1cccc(F)c1. The van der Waals surface area contributed by atoms with Crippen molar-refractivity contribution in [3.63, 3.8) is 0 Å². The Morgan fingerprint density at radius 1 is 1.14 bits per heavy atom. The van der Waals surface area contributed by atoms with E-state index in [1.165, 1.54) is 12.1 Å². The first kappa shape index (κ1) is 24.7. The number of aromatic amines is 1. The average Bonchev–Trinajstić information content (AvgIpc) is 3.45. The van der Waals surface area contributed by atoms with Crippen LogP contribution in [0.4, 0.5) is 20.7 Å². The summed E-state index contributed by atoms with van der Waals surface area (Å²) in [5.74, 6) is -0.270. The first-order chi connectivity index (χ1) is 17.8. The summed E-state index contributed by atoms with van der Waals surface area (Å²) in [6.07, 6.45) is -0.687. The van der Waals surface area contributed by atoms with Crippen LogP contribution in [-0.4, -0.2) is 48.5 Å². The van der Waals surface area contributed by atoms with Crippen molar-refractivity contribution in [2.75, 3.05) is 36.5 Å². The van der Waals surface area contributed by atoms with Crippen LogP contribution in [0.1, 0.15) is 29.8 Å². The number of thiophene rings is 1. The van der Waals surface area contributed by atoms with Gasteiger partial charge in [-0.1, -0.05) is 23.5 Å². The fourth-order valence-corrected chi connectivity index (χ4v) is 4.93. The molecule has 3 heterocycles. The Balaban J connectivity index is 1.23. The van der Waals surface area contributed by atoms with E-state index in [9.17, 15) is 14.0 Å². The third-order valence-electron chi connectivity index (χ3n) is 6.13. The largest absolute Gasteiger partial charge is 0.414 e. The molecule has 0 bridgehead atoms. The number of H-pyrrole nitrogens is 1. The highest BCUT2D eigenvalue weighted by atomic mass is 32.1. The van der Waals surface area contributed by atoms with Gasteiger partial charge < -0.3 is 25.0 Å². The van der Waals surface area contributed by atoms with Crippen LogP contribution < -0.4 is 20.3 Å². The molecule has 0 radical (unpaired) electrons. The first-order valence-electron chi connectivity index (χ1n) is 11.8. The minimum absolute atomic E-state index is 0.290. The van der Waals surface area contributed by atoms with Crippen LogP contribution in [0.5, 0.6) is 5.06 Å². The number of rotatable bonds is 6. The monoisotopic (exact) mass is 523 g/mol. The zero-order valence-electron chi connectivity index (χ0n) is 20.3. The smallest absolute Gasteiger partial charge is 0.399 e. The van der Waals surface area contributed by atoms with Gasteiger partial charge in [-0.15, -0.1) is 0 Å². The van der Waals surface area contributed by atoms with E-state index in [1.54, 1.807) is 44.2 Å². The molecule has 11 heteroatoms. The lowest BCUT2D eigenvalue weighted by Crippen LogP contribution is -2.42. The summed E-state index contributed by atoms with van der Waals surface area (Å²) in [5.41, 5.74) is 1.30. The second kappa shape index (κ2) is 10.2. The van der Waals surface area contributed by atoms with E-state index in [4.69, 9.17) is 9.47 Å². The Morgan fingerprint density at radius 3 is 2.62 bits per heavy atom. The molecule has 1 fully saturated rings. The molecule has 37 heavy (non-hydrogen) atoms. The Kier molecular flexibility index (Phi) is 6.81. The van der Waals surface area contributed by atoms with Crippen molar-refractivity contribution in [2.24, 2.45) is 0 Å². The van der Waals surface area contributed by atoms with Gasteiger partial charge in [0.1, 0.15) is 11.6 Å². The summed E-state index contributed by atoms with van der Waals surface area (Å²) in [4.78, 5) is 28.2. The minimum Gasteiger partial charge on any atom is -0.399 e. The number of aromatic nitrogens is 2. The van der Waals surface area contributed by atoms with E-state index in [0.29, 0.717) is 45.4 Å². The number of hydrogen-bond acceptors (Lipinski definition) is 7. The molecule has 4 aromatic rings. The van der Waals surface area contributed by atoms with Gasteiger partial charge in [0, 0.05) is 30.4 Å². The second-order valence-electron chi connectivity index (χ2n) is 9.13. The molecular formula is C26H26FN5O4S. The summed E-state index contributed by atoms with van der Waals surface area (Å²) in [5, 5.41) is 13.5. The van der Waals surface area contributed by atoms with Crippen LogP contribution in [0.15, 0.2) is 54.6 Å². The zero-order chi connectivity index (χ0) is 26.0. The van der Waals surface area contributed by atoms with Crippen molar-refractivity contribution in [3.8, 4) is 5.06 Å². The summed E-state index contributed by atoms with van der Waals surface area (Å²) < 4.78 is 24.4. The highest BCUT2D eigenvalue weighted by Crippen LogP contribution is 2.35. The van der Waals surface area contributed by atoms with E-state index in [-0.39, 0.29) is 11.7 Å². The van der Waals surface area contributed by atoms with E-state index in [2.05, 4.69) is 25.7 Å². The molecule has 0 saturated carbocycles. The molecule has 2 aromatic carbocycles. The topological polar surface area (TPSA) is 109 Å². The number of ether oxygens (including phenoxy) is 2. The number of morpholine rings is 1. The van der Waals surface area contributed by atoms with Gasteiger partial charge in [0.05, 0.1) is 24.1 Å². The standard InChI is InChI=1S/C26H26FN5O4S/c1-26(2,17-4-3-5-18(27)14-17)29-25(34)36-21-15-20-22(30-31-24(20)37-21)28-23(33)16-6-8-19(9-7-16)32-10-12-35-13-11-32/h3-9,14-15H,10-13H2,1-2H3,(H,29,34)(H2,28,30,31,33). The van der Waals surface area contributed by atoms with Crippen LogP contribution in [-0.2, 0) is 10.3 Å². The molecule has 0 spiro atoms. The molecule has 0 aliphatic carbocycles. The van der Waals surface area contributed by atoms with Crippen molar-refractivity contribution in [3.05, 3.63) is 71.5 Å². The van der Waals surface area contributed by atoms with Crippen LogP contribution in [0, 0.1) is 5.82 Å². The number of carbonyl (C=O) groups is 2. The highest BCUT2D eigenvalue weighted by molar-refractivity contribution is 7.20. The van der Waals surface area contributed by atoms with Gasteiger partial charge in [0.25, 0.3) is 5.91 Å².